The standard InChI is InChI=1S/C25H23N3O5/c1-4-33-18-12-10-17(11-13-18)28-25(30)20-8-6-5-7-19(20)23(27-28)24(29)26-16-9-14-21(31-2)22(15-16)32-3/h5-15H,4H2,1-3H3,(H,26,29). The van der Waals surface area contributed by atoms with Gasteiger partial charge in [0.25, 0.3) is 11.5 Å². The lowest BCUT2D eigenvalue weighted by molar-refractivity contribution is 0.102. The number of carbonyl (C=O) groups is 1. The molecular formula is C25H23N3O5. The second-order valence-corrected chi connectivity index (χ2v) is 7.06. The van der Waals surface area contributed by atoms with Gasteiger partial charge in [0.15, 0.2) is 17.2 Å². The van der Waals surface area contributed by atoms with Gasteiger partial charge in [-0.3, -0.25) is 9.59 Å². The topological polar surface area (TPSA) is 91.7 Å². The van der Waals surface area contributed by atoms with Crippen molar-refractivity contribution >= 4 is 22.4 Å². The Hall–Kier alpha value is -4.33. The van der Waals surface area contributed by atoms with Gasteiger partial charge in [-0.05, 0) is 49.4 Å². The lowest BCUT2D eigenvalue weighted by atomic mass is 10.1. The van der Waals surface area contributed by atoms with Crippen molar-refractivity contribution in [1.29, 1.82) is 0 Å². The maximum atomic E-state index is 13.2. The minimum Gasteiger partial charge on any atom is -0.494 e. The van der Waals surface area contributed by atoms with E-state index in [1.807, 2.05) is 6.92 Å². The van der Waals surface area contributed by atoms with Crippen molar-refractivity contribution in [1.82, 2.24) is 9.78 Å². The maximum absolute atomic E-state index is 13.2. The van der Waals surface area contributed by atoms with Gasteiger partial charge in [0, 0.05) is 17.1 Å². The molecule has 0 saturated carbocycles. The zero-order chi connectivity index (χ0) is 23.4. The van der Waals surface area contributed by atoms with Crippen molar-refractivity contribution in [3.63, 3.8) is 0 Å². The van der Waals surface area contributed by atoms with E-state index in [9.17, 15) is 9.59 Å². The Morgan fingerprint density at radius 3 is 2.30 bits per heavy atom. The number of fused-ring (bicyclic) bond motifs is 1. The van der Waals surface area contributed by atoms with E-state index >= 15 is 0 Å². The van der Waals surface area contributed by atoms with Crippen LogP contribution in [-0.4, -0.2) is 36.5 Å². The van der Waals surface area contributed by atoms with Crippen LogP contribution in [0.1, 0.15) is 17.4 Å². The Balaban J connectivity index is 1.78. The molecular weight excluding hydrogens is 422 g/mol. The number of hydrogen-bond donors (Lipinski definition) is 1. The van der Waals surface area contributed by atoms with E-state index in [1.54, 1.807) is 66.7 Å². The van der Waals surface area contributed by atoms with Gasteiger partial charge in [-0.15, -0.1) is 0 Å². The van der Waals surface area contributed by atoms with E-state index in [2.05, 4.69) is 10.4 Å². The number of ether oxygens (including phenoxy) is 3. The van der Waals surface area contributed by atoms with Crippen LogP contribution in [0.5, 0.6) is 17.2 Å². The summed E-state index contributed by atoms with van der Waals surface area (Å²) < 4.78 is 17.2. The summed E-state index contributed by atoms with van der Waals surface area (Å²) in [5.74, 6) is 1.25. The summed E-state index contributed by atoms with van der Waals surface area (Å²) in [6.07, 6.45) is 0. The molecule has 168 valence electrons. The van der Waals surface area contributed by atoms with Crippen molar-refractivity contribution < 1.29 is 19.0 Å². The molecule has 0 aliphatic carbocycles. The Labute approximate surface area is 190 Å². The van der Waals surface area contributed by atoms with Crippen LogP contribution in [0.15, 0.2) is 71.5 Å². The molecule has 0 atom stereocenters. The van der Waals surface area contributed by atoms with Gasteiger partial charge in [-0.25, -0.2) is 0 Å². The lowest BCUT2D eigenvalue weighted by Gasteiger charge is -2.13. The van der Waals surface area contributed by atoms with Crippen LogP contribution in [0.2, 0.25) is 0 Å². The van der Waals surface area contributed by atoms with Crippen molar-refractivity contribution in [2.45, 2.75) is 6.92 Å². The highest BCUT2D eigenvalue weighted by atomic mass is 16.5. The number of anilines is 1. The average Bonchev–Trinajstić information content (AvgIpc) is 2.85. The van der Waals surface area contributed by atoms with Crippen LogP contribution >= 0.6 is 0 Å². The van der Waals surface area contributed by atoms with E-state index in [-0.39, 0.29) is 11.3 Å². The molecule has 0 saturated heterocycles. The smallest absolute Gasteiger partial charge is 0.279 e. The highest BCUT2D eigenvalue weighted by molar-refractivity contribution is 6.11. The van der Waals surface area contributed by atoms with Crippen LogP contribution in [0.4, 0.5) is 5.69 Å². The van der Waals surface area contributed by atoms with E-state index in [1.165, 1.54) is 18.9 Å². The first kappa shape index (κ1) is 21.9. The third kappa shape index (κ3) is 4.36. The third-order valence-corrected chi connectivity index (χ3v) is 5.05. The van der Waals surface area contributed by atoms with E-state index in [0.717, 1.165) is 0 Å². The Kier molecular flexibility index (Phi) is 6.26. The number of aromatic nitrogens is 2. The fourth-order valence-corrected chi connectivity index (χ4v) is 3.49. The molecule has 4 aromatic rings. The number of carbonyl (C=O) groups excluding carboxylic acids is 1. The fraction of sp³-hybridized carbons (Fsp3) is 0.160. The molecule has 1 aromatic heterocycles. The Bertz CT molecular complexity index is 1360. The van der Waals surface area contributed by atoms with Gasteiger partial charge in [-0.1, -0.05) is 18.2 Å². The third-order valence-electron chi connectivity index (χ3n) is 5.05. The molecule has 0 aliphatic rings. The van der Waals surface area contributed by atoms with Crippen LogP contribution in [0.3, 0.4) is 0 Å². The first-order valence-electron chi connectivity index (χ1n) is 10.3. The summed E-state index contributed by atoms with van der Waals surface area (Å²) in [6.45, 7) is 2.43. The van der Waals surface area contributed by atoms with Gasteiger partial charge in [0.1, 0.15) is 5.75 Å². The minimum atomic E-state index is -0.460. The zero-order valence-corrected chi connectivity index (χ0v) is 18.5. The van der Waals surface area contributed by atoms with Gasteiger partial charge in [-0.2, -0.15) is 9.78 Å². The summed E-state index contributed by atoms with van der Waals surface area (Å²) in [4.78, 5) is 26.4. The van der Waals surface area contributed by atoms with E-state index in [0.29, 0.717) is 46.0 Å². The SMILES string of the molecule is CCOc1ccc(-n2nc(C(=O)Nc3ccc(OC)c(OC)c3)c3ccccc3c2=O)cc1. The number of benzene rings is 3. The molecule has 8 heteroatoms. The van der Waals surface area contributed by atoms with Crippen molar-refractivity contribution in [3.8, 4) is 22.9 Å². The number of amides is 1. The summed E-state index contributed by atoms with van der Waals surface area (Å²) in [5.41, 5.74) is 0.822. The number of hydrogen-bond acceptors (Lipinski definition) is 6. The summed E-state index contributed by atoms with van der Waals surface area (Å²) in [6, 6.07) is 18.9. The number of nitrogens with one attached hydrogen (secondary N) is 1. The van der Waals surface area contributed by atoms with E-state index in [4.69, 9.17) is 14.2 Å². The largest absolute Gasteiger partial charge is 0.494 e. The molecule has 4 rings (SSSR count). The number of rotatable bonds is 7. The van der Waals surface area contributed by atoms with E-state index < -0.39 is 5.91 Å². The molecule has 1 N–H and O–H groups in total. The molecule has 1 amide bonds. The Morgan fingerprint density at radius 1 is 0.939 bits per heavy atom. The minimum absolute atomic E-state index is 0.119. The quantitative estimate of drug-likeness (QED) is 0.461. The normalized spacial score (nSPS) is 10.6. The fourth-order valence-electron chi connectivity index (χ4n) is 3.49. The molecule has 0 spiro atoms. The average molecular weight is 445 g/mol. The van der Waals surface area contributed by atoms with Crippen molar-refractivity contribution in [3.05, 3.63) is 82.8 Å². The zero-order valence-electron chi connectivity index (χ0n) is 18.5. The summed E-state index contributed by atoms with van der Waals surface area (Å²) >= 11 is 0. The van der Waals surface area contributed by atoms with Gasteiger partial charge in [0.2, 0.25) is 0 Å². The van der Waals surface area contributed by atoms with Crippen molar-refractivity contribution in [2.75, 3.05) is 26.1 Å². The molecule has 3 aromatic carbocycles. The second kappa shape index (κ2) is 9.44. The molecule has 0 radical (unpaired) electrons. The first-order valence-corrected chi connectivity index (χ1v) is 10.3. The summed E-state index contributed by atoms with van der Waals surface area (Å²) in [7, 11) is 3.06. The Morgan fingerprint density at radius 2 is 1.64 bits per heavy atom. The van der Waals surface area contributed by atoms with Gasteiger partial charge in [0.05, 0.1) is 31.9 Å². The number of methoxy groups -OCH3 is 2. The first-order chi connectivity index (χ1) is 16.0. The predicted molar refractivity (Wildman–Crippen MR) is 126 cm³/mol. The number of nitrogens with zero attached hydrogens (tertiary/aromatic N) is 2. The molecule has 33 heavy (non-hydrogen) atoms. The molecule has 8 nitrogen and oxygen atoms in total. The van der Waals surface area contributed by atoms with Crippen LogP contribution in [0.25, 0.3) is 16.5 Å². The summed E-state index contributed by atoms with van der Waals surface area (Å²) in [5, 5.41) is 8.09. The van der Waals surface area contributed by atoms with Crippen molar-refractivity contribution in [2.24, 2.45) is 0 Å². The molecule has 0 unspecified atom stereocenters. The molecule has 0 fully saturated rings. The predicted octanol–water partition coefficient (Wildman–Crippen LogP) is 4.05. The molecule has 0 aliphatic heterocycles. The van der Waals surface area contributed by atoms with Crippen LogP contribution in [0, 0.1) is 0 Å². The van der Waals surface area contributed by atoms with Gasteiger partial charge < -0.3 is 19.5 Å². The highest BCUT2D eigenvalue weighted by Gasteiger charge is 2.18. The maximum Gasteiger partial charge on any atom is 0.279 e. The molecule has 1 heterocycles. The molecule has 0 bridgehead atoms. The monoisotopic (exact) mass is 445 g/mol. The van der Waals surface area contributed by atoms with Gasteiger partial charge >= 0.3 is 0 Å². The van der Waals surface area contributed by atoms with Crippen LogP contribution < -0.4 is 25.1 Å². The van der Waals surface area contributed by atoms with Crippen LogP contribution in [-0.2, 0) is 0 Å². The second-order valence-electron chi connectivity index (χ2n) is 7.06. The lowest BCUT2D eigenvalue weighted by Crippen LogP contribution is -2.26. The highest BCUT2D eigenvalue weighted by Crippen LogP contribution is 2.30.